The minimum Gasteiger partial charge on any atom is -0.508 e. The molecule has 2 aromatic carbocycles. The second-order valence-electron chi connectivity index (χ2n) is 4.62. The molecule has 2 aromatic rings. The molecular weight excluding hydrogens is 281 g/mol. The quantitative estimate of drug-likeness (QED) is 0.909. The molecule has 21 heavy (non-hydrogen) atoms. The van der Waals surface area contributed by atoms with Gasteiger partial charge in [0.1, 0.15) is 5.75 Å². The number of rotatable bonds is 3. The molecule has 0 bridgehead atoms. The normalized spacial score (nSPS) is 11.5. The van der Waals surface area contributed by atoms with Crippen LogP contribution >= 0.6 is 0 Å². The molecule has 0 atom stereocenters. The summed E-state index contributed by atoms with van der Waals surface area (Å²) in [6.45, 7) is -0.176. The molecule has 6 heteroatoms. The Bertz CT molecular complexity index is 641. The maximum Gasteiger partial charge on any atom is 0.416 e. The van der Waals surface area contributed by atoms with E-state index in [9.17, 15) is 18.3 Å². The van der Waals surface area contributed by atoms with Crippen LogP contribution in [0, 0.1) is 0 Å². The molecule has 2 rings (SSSR count). The summed E-state index contributed by atoms with van der Waals surface area (Å²) >= 11 is 0. The molecule has 0 saturated carbocycles. The molecule has 0 saturated heterocycles. The van der Waals surface area contributed by atoms with Crippen molar-refractivity contribution in [1.82, 2.24) is 0 Å². The van der Waals surface area contributed by atoms with E-state index in [4.69, 9.17) is 5.73 Å². The number of hydrogen-bond acceptors (Lipinski definition) is 3. The Morgan fingerprint density at radius 2 is 1.76 bits per heavy atom. The predicted octanol–water partition coefficient (Wildman–Crippen LogP) is 3.64. The van der Waals surface area contributed by atoms with Crippen LogP contribution in [0.5, 0.6) is 5.75 Å². The Balaban J connectivity index is 2.45. The molecule has 0 aliphatic carbocycles. The van der Waals surface area contributed by atoms with Crippen LogP contribution in [-0.2, 0) is 12.7 Å². The van der Waals surface area contributed by atoms with Crippen LogP contribution in [0.2, 0.25) is 0 Å². The summed E-state index contributed by atoms with van der Waals surface area (Å²) in [6.07, 6.45) is -4.45. The first-order valence-corrected chi connectivity index (χ1v) is 6.26. The first-order valence-electron chi connectivity index (χ1n) is 6.26. The number of aromatic hydroxyl groups is 1. The fourth-order valence-electron chi connectivity index (χ4n) is 2.07. The van der Waals surface area contributed by atoms with E-state index >= 15 is 0 Å². The SMILES string of the molecule is CN(c1cccc(O)c1)c1ccc(CN)c(C(F)(F)F)c1. The van der Waals surface area contributed by atoms with Crippen LogP contribution in [0.4, 0.5) is 24.5 Å². The number of anilines is 2. The van der Waals surface area contributed by atoms with Gasteiger partial charge in [0.15, 0.2) is 0 Å². The number of phenolic OH excluding ortho intramolecular Hbond substituents is 1. The number of hydrogen-bond donors (Lipinski definition) is 2. The van der Waals surface area contributed by atoms with E-state index in [-0.39, 0.29) is 17.9 Å². The van der Waals surface area contributed by atoms with Crippen molar-refractivity contribution in [3.05, 3.63) is 53.6 Å². The molecule has 0 fully saturated rings. The van der Waals surface area contributed by atoms with Crippen LogP contribution in [-0.4, -0.2) is 12.2 Å². The molecule has 0 aliphatic rings. The number of nitrogens with two attached hydrogens (primary N) is 1. The first kappa shape index (κ1) is 15.2. The zero-order valence-electron chi connectivity index (χ0n) is 11.4. The molecule has 0 aliphatic heterocycles. The average Bonchev–Trinajstić information content (AvgIpc) is 2.45. The maximum atomic E-state index is 13.0. The Morgan fingerprint density at radius 1 is 1.10 bits per heavy atom. The van der Waals surface area contributed by atoms with Crippen molar-refractivity contribution < 1.29 is 18.3 Å². The lowest BCUT2D eigenvalue weighted by Gasteiger charge is -2.22. The van der Waals surface area contributed by atoms with Crippen LogP contribution in [0.25, 0.3) is 0 Å². The maximum absolute atomic E-state index is 13.0. The smallest absolute Gasteiger partial charge is 0.416 e. The lowest BCUT2D eigenvalue weighted by atomic mass is 10.1. The topological polar surface area (TPSA) is 49.5 Å². The van der Waals surface area contributed by atoms with Gasteiger partial charge in [-0.3, -0.25) is 0 Å². The van der Waals surface area contributed by atoms with Crippen molar-refractivity contribution >= 4 is 11.4 Å². The molecule has 3 nitrogen and oxygen atoms in total. The fourth-order valence-corrected chi connectivity index (χ4v) is 2.07. The number of benzene rings is 2. The van der Waals surface area contributed by atoms with Crippen molar-refractivity contribution in [2.24, 2.45) is 5.73 Å². The number of halogens is 3. The standard InChI is InChI=1S/C15H15F3N2O/c1-20(11-3-2-4-13(21)7-11)12-6-5-10(9-19)14(8-12)15(16,17)18/h2-8,21H,9,19H2,1H3. The van der Waals surface area contributed by atoms with Gasteiger partial charge in [0, 0.05) is 31.0 Å². The minimum atomic E-state index is -4.45. The monoisotopic (exact) mass is 296 g/mol. The van der Waals surface area contributed by atoms with Gasteiger partial charge in [-0.25, -0.2) is 0 Å². The zero-order chi connectivity index (χ0) is 15.6. The molecule has 112 valence electrons. The Kier molecular flexibility index (Phi) is 4.09. The van der Waals surface area contributed by atoms with Gasteiger partial charge in [-0.2, -0.15) is 13.2 Å². The van der Waals surface area contributed by atoms with Crippen molar-refractivity contribution in [3.8, 4) is 5.75 Å². The summed E-state index contributed by atoms with van der Waals surface area (Å²) in [5, 5.41) is 9.45. The van der Waals surface area contributed by atoms with E-state index in [1.165, 1.54) is 18.2 Å². The van der Waals surface area contributed by atoms with Gasteiger partial charge in [-0.1, -0.05) is 12.1 Å². The molecule has 0 radical (unpaired) electrons. The molecule has 0 heterocycles. The van der Waals surface area contributed by atoms with Crippen molar-refractivity contribution in [1.29, 1.82) is 0 Å². The highest BCUT2D eigenvalue weighted by molar-refractivity contribution is 5.65. The third kappa shape index (κ3) is 3.28. The summed E-state index contributed by atoms with van der Waals surface area (Å²) in [5.41, 5.74) is 5.62. The van der Waals surface area contributed by atoms with Crippen molar-refractivity contribution in [3.63, 3.8) is 0 Å². The third-order valence-corrected chi connectivity index (χ3v) is 3.22. The summed E-state index contributed by atoms with van der Waals surface area (Å²) in [7, 11) is 1.63. The van der Waals surface area contributed by atoms with Gasteiger partial charge in [0.25, 0.3) is 0 Å². The molecule has 0 unspecified atom stereocenters. The Hall–Kier alpha value is -2.21. The van der Waals surface area contributed by atoms with Crippen LogP contribution < -0.4 is 10.6 Å². The number of alkyl halides is 3. The van der Waals surface area contributed by atoms with Gasteiger partial charge in [-0.15, -0.1) is 0 Å². The zero-order valence-corrected chi connectivity index (χ0v) is 11.4. The summed E-state index contributed by atoms with van der Waals surface area (Å²) < 4.78 is 39.1. The van der Waals surface area contributed by atoms with E-state index in [1.807, 2.05) is 0 Å². The van der Waals surface area contributed by atoms with E-state index in [1.54, 1.807) is 30.1 Å². The van der Waals surface area contributed by atoms with Crippen molar-refractivity contribution in [2.75, 3.05) is 11.9 Å². The Morgan fingerprint density at radius 3 is 2.33 bits per heavy atom. The minimum absolute atomic E-state index is 0.0500. The molecular formula is C15H15F3N2O. The van der Waals surface area contributed by atoms with E-state index in [0.717, 1.165) is 6.07 Å². The van der Waals surface area contributed by atoms with Gasteiger partial charge in [-0.05, 0) is 29.8 Å². The highest BCUT2D eigenvalue weighted by atomic mass is 19.4. The second kappa shape index (κ2) is 5.65. The summed E-state index contributed by atoms with van der Waals surface area (Å²) in [6, 6.07) is 10.3. The summed E-state index contributed by atoms with van der Waals surface area (Å²) in [5.74, 6) is 0.0500. The van der Waals surface area contributed by atoms with Crippen molar-refractivity contribution in [2.45, 2.75) is 12.7 Å². The third-order valence-electron chi connectivity index (χ3n) is 3.22. The van der Waals surface area contributed by atoms with E-state index < -0.39 is 11.7 Å². The van der Waals surface area contributed by atoms with E-state index in [2.05, 4.69) is 0 Å². The lowest BCUT2D eigenvalue weighted by molar-refractivity contribution is -0.138. The van der Waals surface area contributed by atoms with Crippen LogP contribution in [0.3, 0.4) is 0 Å². The molecule has 3 N–H and O–H groups in total. The number of phenols is 1. The summed E-state index contributed by atoms with van der Waals surface area (Å²) in [4.78, 5) is 1.56. The largest absolute Gasteiger partial charge is 0.508 e. The van der Waals surface area contributed by atoms with Gasteiger partial charge < -0.3 is 15.7 Å². The van der Waals surface area contributed by atoms with Gasteiger partial charge in [0.2, 0.25) is 0 Å². The van der Waals surface area contributed by atoms with E-state index in [0.29, 0.717) is 11.4 Å². The molecule has 0 spiro atoms. The van der Waals surface area contributed by atoms with Crippen LogP contribution in [0.1, 0.15) is 11.1 Å². The van der Waals surface area contributed by atoms with Gasteiger partial charge in [0.05, 0.1) is 5.56 Å². The van der Waals surface area contributed by atoms with Crippen LogP contribution in [0.15, 0.2) is 42.5 Å². The second-order valence-corrected chi connectivity index (χ2v) is 4.62. The lowest BCUT2D eigenvalue weighted by Crippen LogP contribution is -2.15. The molecule has 0 amide bonds. The highest BCUT2D eigenvalue weighted by Gasteiger charge is 2.33. The van der Waals surface area contributed by atoms with Gasteiger partial charge >= 0.3 is 6.18 Å². The first-order chi connectivity index (χ1) is 9.82. The molecule has 0 aromatic heterocycles. The fraction of sp³-hybridized carbons (Fsp3) is 0.200. The highest BCUT2D eigenvalue weighted by Crippen LogP contribution is 2.36. The average molecular weight is 296 g/mol. The Labute approximate surface area is 120 Å². The number of nitrogens with zero attached hydrogens (tertiary/aromatic N) is 1. The predicted molar refractivity (Wildman–Crippen MR) is 75.5 cm³/mol.